The van der Waals surface area contributed by atoms with Crippen molar-refractivity contribution in [1.29, 1.82) is 5.26 Å². The van der Waals surface area contributed by atoms with Crippen LogP contribution in [0.1, 0.15) is 19.4 Å². The Labute approximate surface area is 151 Å². The van der Waals surface area contributed by atoms with E-state index < -0.39 is 24.5 Å². The first kappa shape index (κ1) is 20.7. The maximum Gasteiger partial charge on any atom is 0.349 e. The minimum atomic E-state index is -0.927. The summed E-state index contributed by atoms with van der Waals surface area (Å²) in [6, 6.07) is 7.69. The Balaban J connectivity index is 2.61. The monoisotopic (exact) mass is 359 g/mol. The van der Waals surface area contributed by atoms with Gasteiger partial charge in [0, 0.05) is 6.54 Å². The summed E-state index contributed by atoms with van der Waals surface area (Å²) in [5.74, 6) is -1.27. The molecule has 0 aromatic heterocycles. The van der Waals surface area contributed by atoms with E-state index >= 15 is 0 Å². The molecule has 0 radical (unpaired) electrons. The highest BCUT2D eigenvalue weighted by molar-refractivity contribution is 5.99. The van der Waals surface area contributed by atoms with Crippen LogP contribution in [0.5, 0.6) is 5.75 Å². The van der Waals surface area contributed by atoms with E-state index in [9.17, 15) is 14.4 Å². The second-order valence-corrected chi connectivity index (χ2v) is 5.20. The van der Waals surface area contributed by atoms with Crippen molar-refractivity contribution in [3.63, 3.8) is 0 Å². The van der Waals surface area contributed by atoms with E-state index in [0.29, 0.717) is 17.9 Å². The van der Waals surface area contributed by atoms with Gasteiger partial charge in [0.25, 0.3) is 5.91 Å². The lowest BCUT2D eigenvalue weighted by atomic mass is 10.1. The van der Waals surface area contributed by atoms with Gasteiger partial charge in [-0.15, -0.1) is 0 Å². The Morgan fingerprint density at radius 2 is 1.92 bits per heavy atom. The number of benzene rings is 1. The molecule has 2 N–H and O–H groups in total. The van der Waals surface area contributed by atoms with Crippen LogP contribution in [0.4, 0.5) is 0 Å². The third-order valence-electron chi connectivity index (χ3n) is 3.22. The summed E-state index contributed by atoms with van der Waals surface area (Å²) in [5, 5.41) is 14.1. The zero-order chi connectivity index (χ0) is 19.5. The summed E-state index contributed by atoms with van der Waals surface area (Å²) < 4.78 is 9.84. The number of carbonyl (C=O) groups excluding carboxylic acids is 3. The van der Waals surface area contributed by atoms with Crippen LogP contribution in [0.3, 0.4) is 0 Å². The number of ether oxygens (including phenoxy) is 2. The van der Waals surface area contributed by atoms with Crippen LogP contribution in [0.2, 0.25) is 0 Å². The second kappa shape index (κ2) is 10.5. The SMILES string of the molecule is CCNC(=O)[C@H](C)NC(=O)COC(=O)/C(C#N)=C/c1ccc(OC)cc1. The van der Waals surface area contributed by atoms with Gasteiger partial charge in [-0.2, -0.15) is 5.26 Å². The zero-order valence-corrected chi connectivity index (χ0v) is 14.9. The quantitative estimate of drug-likeness (QED) is 0.402. The summed E-state index contributed by atoms with van der Waals surface area (Å²) >= 11 is 0. The van der Waals surface area contributed by atoms with Crippen LogP contribution in [-0.2, 0) is 19.1 Å². The fourth-order valence-corrected chi connectivity index (χ4v) is 1.89. The molecule has 0 aliphatic rings. The Morgan fingerprint density at radius 1 is 1.27 bits per heavy atom. The Kier molecular flexibility index (Phi) is 8.37. The number of nitrogens with zero attached hydrogens (tertiary/aromatic N) is 1. The van der Waals surface area contributed by atoms with Crippen LogP contribution in [-0.4, -0.2) is 44.1 Å². The fraction of sp³-hybridized carbons (Fsp3) is 0.333. The van der Waals surface area contributed by atoms with Crippen LogP contribution in [0.15, 0.2) is 29.8 Å². The molecule has 0 fully saturated rings. The first-order chi connectivity index (χ1) is 12.4. The molecule has 8 nitrogen and oxygen atoms in total. The minimum Gasteiger partial charge on any atom is -0.497 e. The van der Waals surface area contributed by atoms with Gasteiger partial charge in [0.1, 0.15) is 23.4 Å². The highest BCUT2D eigenvalue weighted by Gasteiger charge is 2.17. The highest BCUT2D eigenvalue weighted by Crippen LogP contribution is 2.14. The number of amides is 2. The number of nitrogens with one attached hydrogen (secondary N) is 2. The number of likely N-dealkylation sites (N-methyl/N-ethyl adjacent to an activating group) is 1. The molecule has 138 valence electrons. The lowest BCUT2D eigenvalue weighted by Gasteiger charge is -2.13. The Morgan fingerprint density at radius 3 is 2.46 bits per heavy atom. The molecule has 0 aliphatic carbocycles. The molecule has 0 spiro atoms. The molecule has 0 unspecified atom stereocenters. The molecule has 0 aliphatic heterocycles. The standard InChI is InChI=1S/C18H21N3O5/c1-4-20-17(23)12(2)21-16(22)11-26-18(24)14(10-19)9-13-5-7-15(25-3)8-6-13/h5-9,12H,4,11H2,1-3H3,(H,20,23)(H,21,22)/b14-9+/t12-/m0/s1. The summed E-state index contributed by atoms with van der Waals surface area (Å²) in [6.07, 6.45) is 1.34. The van der Waals surface area contributed by atoms with E-state index in [0.717, 1.165) is 0 Å². The van der Waals surface area contributed by atoms with Crippen LogP contribution in [0, 0.1) is 11.3 Å². The average Bonchev–Trinajstić information content (AvgIpc) is 2.64. The number of hydrogen-bond donors (Lipinski definition) is 2. The van der Waals surface area contributed by atoms with Gasteiger partial charge in [-0.1, -0.05) is 12.1 Å². The third kappa shape index (κ3) is 6.65. The zero-order valence-electron chi connectivity index (χ0n) is 14.9. The first-order valence-corrected chi connectivity index (χ1v) is 7.91. The summed E-state index contributed by atoms with van der Waals surface area (Å²) in [4.78, 5) is 35.2. The minimum absolute atomic E-state index is 0.250. The third-order valence-corrected chi connectivity index (χ3v) is 3.22. The van der Waals surface area contributed by atoms with Crippen molar-refractivity contribution in [2.45, 2.75) is 19.9 Å². The summed E-state index contributed by atoms with van der Waals surface area (Å²) in [5.41, 5.74) is 0.355. The van der Waals surface area contributed by atoms with Crippen LogP contribution < -0.4 is 15.4 Å². The fourth-order valence-electron chi connectivity index (χ4n) is 1.89. The molecule has 8 heteroatoms. The van der Waals surface area contributed by atoms with E-state index in [2.05, 4.69) is 10.6 Å². The Bertz CT molecular complexity index is 719. The average molecular weight is 359 g/mol. The van der Waals surface area contributed by atoms with Crippen LogP contribution in [0.25, 0.3) is 6.08 Å². The number of hydrogen-bond acceptors (Lipinski definition) is 6. The molecular weight excluding hydrogens is 338 g/mol. The van der Waals surface area contributed by atoms with Gasteiger partial charge in [-0.25, -0.2) is 4.79 Å². The molecule has 26 heavy (non-hydrogen) atoms. The van der Waals surface area contributed by atoms with Crippen molar-refractivity contribution in [1.82, 2.24) is 10.6 Å². The second-order valence-electron chi connectivity index (χ2n) is 5.20. The van der Waals surface area contributed by atoms with Crippen molar-refractivity contribution < 1.29 is 23.9 Å². The lowest BCUT2D eigenvalue weighted by Crippen LogP contribution is -2.46. The predicted octanol–water partition coefficient (Wildman–Crippen LogP) is 0.786. The van der Waals surface area contributed by atoms with E-state index in [1.54, 1.807) is 37.3 Å². The van der Waals surface area contributed by atoms with Crippen LogP contribution >= 0.6 is 0 Å². The van der Waals surface area contributed by atoms with Gasteiger partial charge in [0.15, 0.2) is 6.61 Å². The summed E-state index contributed by atoms with van der Waals surface area (Å²) in [6.45, 7) is 3.11. The molecule has 2 amide bonds. The summed E-state index contributed by atoms with van der Waals surface area (Å²) in [7, 11) is 1.53. The first-order valence-electron chi connectivity index (χ1n) is 7.91. The molecule has 1 aromatic rings. The number of nitriles is 1. The number of methoxy groups -OCH3 is 1. The van der Waals surface area contributed by atoms with E-state index in [4.69, 9.17) is 14.7 Å². The van der Waals surface area contributed by atoms with Crippen molar-refractivity contribution >= 4 is 23.9 Å². The molecule has 0 heterocycles. The largest absolute Gasteiger partial charge is 0.497 e. The van der Waals surface area contributed by atoms with Crippen molar-refractivity contribution in [2.24, 2.45) is 0 Å². The normalized spacial score (nSPS) is 11.7. The maximum absolute atomic E-state index is 11.9. The van der Waals surface area contributed by atoms with Crippen molar-refractivity contribution in [2.75, 3.05) is 20.3 Å². The van der Waals surface area contributed by atoms with E-state index in [1.165, 1.54) is 20.1 Å². The van der Waals surface area contributed by atoms with Gasteiger partial charge in [-0.05, 0) is 37.6 Å². The molecule has 1 rings (SSSR count). The predicted molar refractivity (Wildman–Crippen MR) is 93.8 cm³/mol. The van der Waals surface area contributed by atoms with Crippen molar-refractivity contribution in [3.05, 3.63) is 35.4 Å². The molecular formula is C18H21N3O5. The van der Waals surface area contributed by atoms with Gasteiger partial charge in [0.2, 0.25) is 5.91 Å². The van der Waals surface area contributed by atoms with E-state index in [-0.39, 0.29) is 11.5 Å². The number of carbonyl (C=O) groups is 3. The van der Waals surface area contributed by atoms with Crippen molar-refractivity contribution in [3.8, 4) is 11.8 Å². The van der Waals surface area contributed by atoms with Gasteiger partial charge < -0.3 is 20.1 Å². The van der Waals surface area contributed by atoms with E-state index in [1.807, 2.05) is 0 Å². The molecule has 1 aromatic carbocycles. The van der Waals surface area contributed by atoms with Gasteiger partial charge in [-0.3, -0.25) is 9.59 Å². The van der Waals surface area contributed by atoms with Gasteiger partial charge in [0.05, 0.1) is 7.11 Å². The van der Waals surface area contributed by atoms with Gasteiger partial charge >= 0.3 is 5.97 Å². The highest BCUT2D eigenvalue weighted by atomic mass is 16.5. The molecule has 0 bridgehead atoms. The molecule has 0 saturated carbocycles. The number of esters is 1. The number of rotatable bonds is 8. The Hall–Kier alpha value is -3.34. The topological polar surface area (TPSA) is 118 Å². The molecule has 1 atom stereocenters. The smallest absolute Gasteiger partial charge is 0.349 e. The lowest BCUT2D eigenvalue weighted by molar-refractivity contribution is -0.144. The molecule has 0 saturated heterocycles. The maximum atomic E-state index is 11.9.